The maximum absolute atomic E-state index is 11.8. The van der Waals surface area contributed by atoms with E-state index < -0.39 is 0 Å². The molecule has 0 aliphatic carbocycles. The van der Waals surface area contributed by atoms with E-state index in [2.05, 4.69) is 10.6 Å². The molecule has 0 aromatic heterocycles. The van der Waals surface area contributed by atoms with Gasteiger partial charge in [-0.1, -0.05) is 6.92 Å². The zero-order valence-corrected chi connectivity index (χ0v) is 11.5. The molecule has 1 unspecified atom stereocenters. The van der Waals surface area contributed by atoms with Crippen molar-refractivity contribution in [3.05, 3.63) is 29.8 Å². The maximum atomic E-state index is 11.8. The highest BCUT2D eigenvalue weighted by atomic mass is 16.5. The van der Waals surface area contributed by atoms with Gasteiger partial charge in [-0.3, -0.25) is 9.59 Å². The van der Waals surface area contributed by atoms with E-state index in [-0.39, 0.29) is 24.4 Å². The molecule has 0 saturated carbocycles. The quantitative estimate of drug-likeness (QED) is 0.814. The van der Waals surface area contributed by atoms with Gasteiger partial charge in [0.25, 0.3) is 5.91 Å². The van der Waals surface area contributed by atoms with Crippen molar-refractivity contribution in [3.8, 4) is 5.75 Å². The van der Waals surface area contributed by atoms with E-state index in [9.17, 15) is 9.59 Å². The first-order valence-corrected chi connectivity index (χ1v) is 6.28. The lowest BCUT2D eigenvalue weighted by atomic mass is 10.2. The molecule has 1 aromatic carbocycles. The number of nitrogens with one attached hydrogen (secondary N) is 2. The van der Waals surface area contributed by atoms with Gasteiger partial charge < -0.3 is 15.4 Å². The van der Waals surface area contributed by atoms with Gasteiger partial charge >= 0.3 is 0 Å². The van der Waals surface area contributed by atoms with Crippen LogP contribution in [0.15, 0.2) is 24.3 Å². The Bertz CT molecular complexity index is 429. The molecule has 0 aliphatic rings. The third kappa shape index (κ3) is 4.99. The summed E-state index contributed by atoms with van der Waals surface area (Å²) in [5.74, 6) is 0.226. The van der Waals surface area contributed by atoms with Gasteiger partial charge in [-0.25, -0.2) is 0 Å². The second-order valence-electron chi connectivity index (χ2n) is 4.29. The molecule has 2 amide bonds. The minimum Gasteiger partial charge on any atom is -0.497 e. The zero-order chi connectivity index (χ0) is 14.3. The van der Waals surface area contributed by atoms with Crippen LogP contribution in [0.1, 0.15) is 30.6 Å². The SMILES string of the molecule is CCC(C)NC(=O)CNC(=O)c1ccc(OC)cc1. The molecule has 0 fully saturated rings. The van der Waals surface area contributed by atoms with E-state index >= 15 is 0 Å². The fourth-order valence-corrected chi connectivity index (χ4v) is 1.43. The third-order valence-electron chi connectivity index (χ3n) is 2.78. The van der Waals surface area contributed by atoms with Gasteiger partial charge in [0, 0.05) is 11.6 Å². The Hall–Kier alpha value is -2.04. The second kappa shape index (κ2) is 7.41. The van der Waals surface area contributed by atoms with Crippen LogP contribution in [0.2, 0.25) is 0 Å². The molecular weight excluding hydrogens is 244 g/mol. The molecule has 104 valence electrons. The molecule has 5 nitrogen and oxygen atoms in total. The van der Waals surface area contributed by atoms with Crippen LogP contribution in [0.5, 0.6) is 5.75 Å². The fourth-order valence-electron chi connectivity index (χ4n) is 1.43. The van der Waals surface area contributed by atoms with Crippen molar-refractivity contribution in [2.75, 3.05) is 13.7 Å². The minimum absolute atomic E-state index is 0.0186. The van der Waals surface area contributed by atoms with E-state index in [4.69, 9.17) is 4.74 Å². The van der Waals surface area contributed by atoms with Crippen LogP contribution in [-0.2, 0) is 4.79 Å². The largest absolute Gasteiger partial charge is 0.497 e. The van der Waals surface area contributed by atoms with Crippen LogP contribution in [0.25, 0.3) is 0 Å². The van der Waals surface area contributed by atoms with Crippen molar-refractivity contribution in [3.63, 3.8) is 0 Å². The zero-order valence-electron chi connectivity index (χ0n) is 11.5. The standard InChI is InChI=1S/C14H20N2O3/c1-4-10(2)16-13(17)9-15-14(18)11-5-7-12(19-3)8-6-11/h5-8,10H,4,9H2,1-3H3,(H,15,18)(H,16,17). The molecule has 0 radical (unpaired) electrons. The lowest BCUT2D eigenvalue weighted by molar-refractivity contribution is -0.120. The maximum Gasteiger partial charge on any atom is 0.251 e. The number of rotatable bonds is 6. The summed E-state index contributed by atoms with van der Waals surface area (Å²) in [6, 6.07) is 6.83. The van der Waals surface area contributed by atoms with E-state index in [0.29, 0.717) is 11.3 Å². The molecule has 19 heavy (non-hydrogen) atoms. The summed E-state index contributed by atoms with van der Waals surface area (Å²) in [7, 11) is 1.56. The highest BCUT2D eigenvalue weighted by Gasteiger charge is 2.09. The van der Waals surface area contributed by atoms with Gasteiger partial charge in [0.05, 0.1) is 13.7 Å². The number of carbonyl (C=O) groups excluding carboxylic acids is 2. The van der Waals surface area contributed by atoms with Crippen LogP contribution in [0, 0.1) is 0 Å². The third-order valence-corrected chi connectivity index (χ3v) is 2.78. The van der Waals surface area contributed by atoms with Gasteiger partial charge in [0.15, 0.2) is 0 Å². The highest BCUT2D eigenvalue weighted by molar-refractivity contribution is 5.96. The first kappa shape index (κ1) is 15.0. The fraction of sp³-hybridized carbons (Fsp3) is 0.429. The Morgan fingerprint density at radius 3 is 2.42 bits per heavy atom. The summed E-state index contributed by atoms with van der Waals surface area (Å²) in [6.45, 7) is 3.89. The van der Waals surface area contributed by atoms with Crippen LogP contribution in [0.4, 0.5) is 0 Å². The summed E-state index contributed by atoms with van der Waals surface area (Å²) in [5, 5.41) is 5.35. The van der Waals surface area contributed by atoms with Gasteiger partial charge in [0.2, 0.25) is 5.91 Å². The monoisotopic (exact) mass is 264 g/mol. The number of hydrogen-bond donors (Lipinski definition) is 2. The smallest absolute Gasteiger partial charge is 0.251 e. The molecule has 0 heterocycles. The Balaban J connectivity index is 2.44. The molecule has 0 saturated heterocycles. The van der Waals surface area contributed by atoms with E-state index in [1.165, 1.54) is 0 Å². The predicted octanol–water partition coefficient (Wildman–Crippen LogP) is 1.34. The van der Waals surface area contributed by atoms with E-state index in [0.717, 1.165) is 6.42 Å². The number of methoxy groups -OCH3 is 1. The van der Waals surface area contributed by atoms with Crippen LogP contribution >= 0.6 is 0 Å². The average molecular weight is 264 g/mol. The summed E-state index contributed by atoms with van der Waals surface area (Å²) < 4.78 is 5.01. The van der Waals surface area contributed by atoms with E-state index in [1.807, 2.05) is 13.8 Å². The van der Waals surface area contributed by atoms with Gasteiger partial charge in [-0.15, -0.1) is 0 Å². The number of hydrogen-bond acceptors (Lipinski definition) is 3. The topological polar surface area (TPSA) is 67.4 Å². The van der Waals surface area contributed by atoms with Crippen molar-refractivity contribution in [2.24, 2.45) is 0 Å². The first-order chi connectivity index (χ1) is 9.06. The van der Waals surface area contributed by atoms with Gasteiger partial charge in [0.1, 0.15) is 5.75 Å². The van der Waals surface area contributed by atoms with Crippen LogP contribution in [-0.4, -0.2) is 31.5 Å². The van der Waals surface area contributed by atoms with Crippen molar-refractivity contribution >= 4 is 11.8 Å². The first-order valence-electron chi connectivity index (χ1n) is 6.28. The molecule has 5 heteroatoms. The summed E-state index contributed by atoms with van der Waals surface area (Å²) in [6.07, 6.45) is 0.859. The molecule has 0 aliphatic heterocycles. The minimum atomic E-state index is -0.276. The molecule has 0 bridgehead atoms. The number of benzene rings is 1. The lowest BCUT2D eigenvalue weighted by Gasteiger charge is -2.11. The molecule has 1 atom stereocenters. The van der Waals surface area contributed by atoms with E-state index in [1.54, 1.807) is 31.4 Å². The van der Waals surface area contributed by atoms with Crippen molar-refractivity contribution in [2.45, 2.75) is 26.3 Å². The number of ether oxygens (including phenoxy) is 1. The van der Waals surface area contributed by atoms with Crippen molar-refractivity contribution in [1.82, 2.24) is 10.6 Å². The Morgan fingerprint density at radius 1 is 1.26 bits per heavy atom. The second-order valence-corrected chi connectivity index (χ2v) is 4.29. The Kier molecular flexibility index (Phi) is 5.85. The van der Waals surface area contributed by atoms with Crippen LogP contribution < -0.4 is 15.4 Å². The van der Waals surface area contributed by atoms with Crippen LogP contribution in [0.3, 0.4) is 0 Å². The molecule has 1 aromatic rings. The van der Waals surface area contributed by atoms with Gasteiger partial charge in [-0.05, 0) is 37.6 Å². The van der Waals surface area contributed by atoms with Crippen molar-refractivity contribution < 1.29 is 14.3 Å². The molecule has 2 N–H and O–H groups in total. The summed E-state index contributed by atoms with van der Waals surface area (Å²) in [4.78, 5) is 23.3. The Labute approximate surface area is 113 Å². The predicted molar refractivity (Wildman–Crippen MR) is 73.2 cm³/mol. The number of carbonyl (C=O) groups is 2. The number of amides is 2. The lowest BCUT2D eigenvalue weighted by Crippen LogP contribution is -2.40. The molecular formula is C14H20N2O3. The average Bonchev–Trinajstić information content (AvgIpc) is 2.44. The highest BCUT2D eigenvalue weighted by Crippen LogP contribution is 2.10. The Morgan fingerprint density at radius 2 is 1.89 bits per heavy atom. The van der Waals surface area contributed by atoms with Gasteiger partial charge in [-0.2, -0.15) is 0 Å². The van der Waals surface area contributed by atoms with Crippen molar-refractivity contribution in [1.29, 1.82) is 0 Å². The summed E-state index contributed by atoms with van der Waals surface area (Å²) >= 11 is 0. The summed E-state index contributed by atoms with van der Waals surface area (Å²) in [5.41, 5.74) is 0.497. The molecule has 0 spiro atoms. The molecule has 1 rings (SSSR count). The normalized spacial score (nSPS) is 11.5.